The van der Waals surface area contributed by atoms with Crippen LogP contribution in [-0.2, 0) is 6.54 Å². The third-order valence-corrected chi connectivity index (χ3v) is 6.73. The van der Waals surface area contributed by atoms with Crippen LogP contribution in [0.3, 0.4) is 0 Å². The van der Waals surface area contributed by atoms with Crippen molar-refractivity contribution in [2.24, 2.45) is 5.92 Å². The molecular formula is C27H36ClN5O. The molecule has 1 aliphatic rings. The molecular weight excluding hydrogens is 446 g/mol. The molecule has 0 bridgehead atoms. The minimum atomic E-state index is 0.708. The van der Waals surface area contributed by atoms with Gasteiger partial charge >= 0.3 is 0 Å². The predicted molar refractivity (Wildman–Crippen MR) is 141 cm³/mol. The summed E-state index contributed by atoms with van der Waals surface area (Å²) >= 11 is 6.17. The van der Waals surface area contributed by atoms with Gasteiger partial charge in [0.15, 0.2) is 0 Å². The van der Waals surface area contributed by atoms with Gasteiger partial charge in [-0.2, -0.15) is 0 Å². The number of piperidine rings is 1. The first-order valence-electron chi connectivity index (χ1n) is 12.3. The van der Waals surface area contributed by atoms with E-state index in [4.69, 9.17) is 16.3 Å². The molecule has 0 atom stereocenters. The summed E-state index contributed by atoms with van der Waals surface area (Å²) in [5.74, 6) is 2.58. The standard InChI is InChI=1S/C27H36ClN5O/c1-32(2)14-3-17-34-24-7-4-22(5-8-24)19-33-15-11-21(12-16-33)10-13-29-27-25-18-23(28)6-9-26(25)30-20-31-27/h4-9,18,20-21H,3,10-17,19H2,1-2H3,(H,29,30,31). The number of nitrogens with one attached hydrogen (secondary N) is 1. The van der Waals surface area contributed by atoms with Crippen molar-refractivity contribution in [1.82, 2.24) is 19.8 Å². The lowest BCUT2D eigenvalue weighted by atomic mass is 9.93. The van der Waals surface area contributed by atoms with Crippen LogP contribution in [-0.4, -0.2) is 66.6 Å². The minimum Gasteiger partial charge on any atom is -0.494 e. The van der Waals surface area contributed by atoms with Crippen LogP contribution in [0.25, 0.3) is 10.9 Å². The zero-order valence-corrected chi connectivity index (χ0v) is 21.1. The topological polar surface area (TPSA) is 53.5 Å². The van der Waals surface area contributed by atoms with Crippen LogP contribution in [0.1, 0.15) is 31.2 Å². The van der Waals surface area contributed by atoms with E-state index in [9.17, 15) is 0 Å². The first-order valence-corrected chi connectivity index (χ1v) is 12.7. The maximum Gasteiger partial charge on any atom is 0.137 e. The maximum absolute atomic E-state index is 6.17. The van der Waals surface area contributed by atoms with Crippen LogP contribution in [0.5, 0.6) is 5.75 Å². The van der Waals surface area contributed by atoms with Gasteiger partial charge in [0.1, 0.15) is 17.9 Å². The average Bonchev–Trinajstić information content (AvgIpc) is 2.84. The highest BCUT2D eigenvalue weighted by atomic mass is 35.5. The van der Waals surface area contributed by atoms with E-state index in [1.165, 1.54) is 18.4 Å². The molecule has 34 heavy (non-hydrogen) atoms. The van der Waals surface area contributed by atoms with Gasteiger partial charge in [-0.15, -0.1) is 0 Å². The van der Waals surface area contributed by atoms with Gasteiger partial charge in [-0.05, 0) is 94.7 Å². The second-order valence-electron chi connectivity index (χ2n) is 9.47. The Morgan fingerprint density at radius 1 is 1.09 bits per heavy atom. The van der Waals surface area contributed by atoms with Crippen molar-refractivity contribution in [3.63, 3.8) is 0 Å². The molecule has 0 amide bonds. The normalized spacial score (nSPS) is 15.2. The average molecular weight is 482 g/mol. The quantitative estimate of drug-likeness (QED) is 0.374. The number of fused-ring (bicyclic) bond motifs is 1. The van der Waals surface area contributed by atoms with Gasteiger partial charge in [-0.3, -0.25) is 4.90 Å². The highest BCUT2D eigenvalue weighted by Crippen LogP contribution is 2.25. The van der Waals surface area contributed by atoms with Crippen LogP contribution in [0.15, 0.2) is 48.8 Å². The number of rotatable bonds is 11. The molecule has 182 valence electrons. The molecule has 1 aromatic heterocycles. The number of hydrogen-bond donors (Lipinski definition) is 1. The highest BCUT2D eigenvalue weighted by molar-refractivity contribution is 6.31. The summed E-state index contributed by atoms with van der Waals surface area (Å²) in [5, 5.41) is 5.19. The van der Waals surface area contributed by atoms with Gasteiger partial charge in [0.25, 0.3) is 0 Å². The summed E-state index contributed by atoms with van der Waals surface area (Å²) in [4.78, 5) is 13.5. The van der Waals surface area contributed by atoms with Gasteiger partial charge in [-0.25, -0.2) is 9.97 Å². The molecule has 2 heterocycles. The fourth-order valence-corrected chi connectivity index (χ4v) is 4.69. The smallest absolute Gasteiger partial charge is 0.137 e. The third kappa shape index (κ3) is 7.29. The van der Waals surface area contributed by atoms with Gasteiger partial charge in [0.2, 0.25) is 0 Å². The molecule has 0 unspecified atom stereocenters. The fourth-order valence-electron chi connectivity index (χ4n) is 4.52. The molecule has 1 saturated heterocycles. The molecule has 0 radical (unpaired) electrons. The summed E-state index contributed by atoms with van der Waals surface area (Å²) in [5.41, 5.74) is 2.27. The van der Waals surface area contributed by atoms with Crippen LogP contribution in [0.4, 0.5) is 5.82 Å². The Bertz CT molecular complexity index is 1030. The fraction of sp³-hybridized carbons (Fsp3) is 0.481. The van der Waals surface area contributed by atoms with Gasteiger partial charge in [-0.1, -0.05) is 23.7 Å². The summed E-state index contributed by atoms with van der Waals surface area (Å²) < 4.78 is 5.85. The number of hydrogen-bond acceptors (Lipinski definition) is 6. The molecule has 0 saturated carbocycles. The number of benzene rings is 2. The zero-order chi connectivity index (χ0) is 23.8. The van der Waals surface area contributed by atoms with Gasteiger partial charge < -0.3 is 15.0 Å². The Labute approximate surface area is 208 Å². The maximum atomic E-state index is 6.17. The van der Waals surface area contributed by atoms with E-state index >= 15 is 0 Å². The number of nitrogens with zero attached hydrogens (tertiary/aromatic N) is 4. The van der Waals surface area contributed by atoms with Gasteiger partial charge in [0, 0.05) is 30.0 Å². The van der Waals surface area contributed by atoms with Crippen molar-refractivity contribution in [3.8, 4) is 5.75 Å². The number of anilines is 1. The first-order chi connectivity index (χ1) is 16.6. The molecule has 0 aliphatic carbocycles. The van der Waals surface area contributed by atoms with E-state index in [0.29, 0.717) is 5.02 Å². The lowest BCUT2D eigenvalue weighted by Gasteiger charge is -2.32. The third-order valence-electron chi connectivity index (χ3n) is 6.50. The molecule has 2 aromatic carbocycles. The molecule has 6 nitrogen and oxygen atoms in total. The van der Waals surface area contributed by atoms with Crippen molar-refractivity contribution in [2.45, 2.75) is 32.2 Å². The van der Waals surface area contributed by atoms with Crippen molar-refractivity contribution < 1.29 is 4.74 Å². The molecule has 4 rings (SSSR count). The van der Waals surface area contributed by atoms with E-state index in [-0.39, 0.29) is 0 Å². The minimum absolute atomic E-state index is 0.708. The molecule has 1 N–H and O–H groups in total. The lowest BCUT2D eigenvalue weighted by molar-refractivity contribution is 0.174. The summed E-state index contributed by atoms with van der Waals surface area (Å²) in [7, 11) is 4.18. The molecule has 3 aromatic rings. The van der Waals surface area contributed by atoms with Crippen LogP contribution >= 0.6 is 11.6 Å². The number of likely N-dealkylation sites (tertiary alicyclic amines) is 1. The Hall–Kier alpha value is -2.41. The van der Waals surface area contributed by atoms with Crippen LogP contribution in [0, 0.1) is 5.92 Å². The highest BCUT2D eigenvalue weighted by Gasteiger charge is 2.19. The Morgan fingerprint density at radius 2 is 1.88 bits per heavy atom. The zero-order valence-electron chi connectivity index (χ0n) is 20.3. The summed E-state index contributed by atoms with van der Waals surface area (Å²) in [6.07, 6.45) is 6.29. The van der Waals surface area contributed by atoms with E-state index in [1.54, 1.807) is 6.33 Å². The lowest BCUT2D eigenvalue weighted by Crippen LogP contribution is -2.33. The van der Waals surface area contributed by atoms with Crippen molar-refractivity contribution in [1.29, 1.82) is 0 Å². The number of aromatic nitrogens is 2. The van der Waals surface area contributed by atoms with Crippen molar-refractivity contribution in [3.05, 3.63) is 59.4 Å². The van der Waals surface area contributed by atoms with Crippen molar-refractivity contribution >= 4 is 28.3 Å². The Morgan fingerprint density at radius 3 is 2.65 bits per heavy atom. The largest absolute Gasteiger partial charge is 0.494 e. The molecule has 7 heteroatoms. The van der Waals surface area contributed by atoms with Crippen LogP contribution < -0.4 is 10.1 Å². The van der Waals surface area contributed by atoms with Crippen LogP contribution in [0.2, 0.25) is 5.02 Å². The number of ether oxygens (including phenoxy) is 1. The molecule has 1 aliphatic heterocycles. The molecule has 1 fully saturated rings. The molecule has 0 spiro atoms. The number of halogens is 1. The summed E-state index contributed by atoms with van der Waals surface area (Å²) in [6.45, 7) is 6.05. The van der Waals surface area contributed by atoms with Gasteiger partial charge in [0.05, 0.1) is 12.1 Å². The second-order valence-corrected chi connectivity index (χ2v) is 9.90. The second kappa shape index (κ2) is 12.3. The Kier molecular flexibility index (Phi) is 8.97. The van der Waals surface area contributed by atoms with Crippen molar-refractivity contribution in [2.75, 3.05) is 52.2 Å². The van der Waals surface area contributed by atoms with E-state index < -0.39 is 0 Å². The van der Waals surface area contributed by atoms with E-state index in [2.05, 4.69) is 63.4 Å². The first kappa shape index (κ1) is 24.7. The Balaban J connectivity index is 1.16. The summed E-state index contributed by atoms with van der Waals surface area (Å²) in [6, 6.07) is 14.4. The van der Waals surface area contributed by atoms with E-state index in [1.807, 2.05) is 18.2 Å². The van der Waals surface area contributed by atoms with E-state index in [0.717, 1.165) is 80.6 Å². The SMILES string of the molecule is CN(C)CCCOc1ccc(CN2CCC(CCNc3ncnc4ccc(Cl)cc34)CC2)cc1. The monoisotopic (exact) mass is 481 g/mol. The predicted octanol–water partition coefficient (Wildman–Crippen LogP) is 5.33.